The van der Waals surface area contributed by atoms with Gasteiger partial charge in [0.15, 0.2) is 0 Å². The molecule has 5 heteroatoms. The molecule has 0 aromatic heterocycles. The fourth-order valence-electron chi connectivity index (χ4n) is 1.04. The summed E-state index contributed by atoms with van der Waals surface area (Å²) in [6.45, 7) is 0. The number of ether oxygens (including phenoxy) is 1. The number of hydrogen-bond donors (Lipinski definition) is 2. The van der Waals surface area contributed by atoms with Crippen LogP contribution in [-0.2, 0) is 4.74 Å². The lowest BCUT2D eigenvalue weighted by Gasteiger charge is -2.07. The molecule has 0 unspecified atom stereocenters. The van der Waals surface area contributed by atoms with Crippen molar-refractivity contribution in [3.8, 4) is 0 Å². The molecule has 4 nitrogen and oxygen atoms in total. The van der Waals surface area contributed by atoms with Gasteiger partial charge in [0.2, 0.25) is 0 Å². The van der Waals surface area contributed by atoms with Crippen molar-refractivity contribution in [2.45, 2.75) is 0 Å². The van der Waals surface area contributed by atoms with E-state index in [1.54, 1.807) is 0 Å². The van der Waals surface area contributed by atoms with Gasteiger partial charge in [0.05, 0.1) is 23.4 Å². The highest BCUT2D eigenvalue weighted by molar-refractivity contribution is 6.34. The van der Waals surface area contributed by atoms with Gasteiger partial charge in [0, 0.05) is 11.8 Å². The van der Waals surface area contributed by atoms with Crippen LogP contribution in [0.25, 0.3) is 0 Å². The quantitative estimate of drug-likeness (QED) is 0.445. The van der Waals surface area contributed by atoms with Gasteiger partial charge in [0.25, 0.3) is 0 Å². The summed E-state index contributed by atoms with van der Waals surface area (Å²) in [5, 5.41) is 7.42. The number of nitrogens with two attached hydrogens (primary N) is 1. The zero-order valence-corrected chi connectivity index (χ0v) is 8.26. The highest BCUT2D eigenvalue weighted by Gasteiger charge is 2.14. The number of nitrogens with one attached hydrogen (secondary N) is 1. The first-order chi connectivity index (χ1) is 6.61. The molecule has 14 heavy (non-hydrogen) atoms. The van der Waals surface area contributed by atoms with Gasteiger partial charge in [-0.25, -0.2) is 4.79 Å². The summed E-state index contributed by atoms with van der Waals surface area (Å²) in [6.07, 6.45) is 1.00. The Morgan fingerprint density at radius 2 is 2.29 bits per heavy atom. The third-order valence-corrected chi connectivity index (χ3v) is 2.11. The minimum Gasteiger partial charge on any atom is -0.465 e. The summed E-state index contributed by atoms with van der Waals surface area (Å²) in [5.41, 5.74) is 6.35. The molecule has 1 aromatic rings. The molecule has 1 rings (SSSR count). The summed E-state index contributed by atoms with van der Waals surface area (Å²) in [4.78, 5) is 11.2. The second-order valence-electron chi connectivity index (χ2n) is 2.56. The molecular formula is C9H9ClN2O2. The van der Waals surface area contributed by atoms with Crippen LogP contribution in [0, 0.1) is 5.41 Å². The number of esters is 1. The van der Waals surface area contributed by atoms with Crippen molar-refractivity contribution in [1.29, 1.82) is 5.41 Å². The van der Waals surface area contributed by atoms with Crippen LogP contribution in [0.3, 0.4) is 0 Å². The normalized spacial score (nSPS) is 9.57. The molecular weight excluding hydrogens is 204 g/mol. The molecule has 3 N–H and O–H groups in total. The first-order valence-electron chi connectivity index (χ1n) is 3.78. The Morgan fingerprint density at radius 3 is 2.79 bits per heavy atom. The zero-order valence-electron chi connectivity index (χ0n) is 7.50. The van der Waals surface area contributed by atoms with Crippen LogP contribution in [0.4, 0.5) is 5.69 Å². The highest BCUT2D eigenvalue weighted by atomic mass is 35.5. The molecule has 0 bridgehead atoms. The number of carbonyl (C=O) groups is 1. The van der Waals surface area contributed by atoms with E-state index in [1.165, 1.54) is 19.2 Å². The van der Waals surface area contributed by atoms with Crippen molar-refractivity contribution in [3.63, 3.8) is 0 Å². The molecule has 0 aliphatic carbocycles. The molecule has 0 aliphatic heterocycles. The van der Waals surface area contributed by atoms with Gasteiger partial charge in [0.1, 0.15) is 0 Å². The number of halogens is 1. The van der Waals surface area contributed by atoms with Crippen LogP contribution >= 0.6 is 11.6 Å². The number of benzene rings is 1. The van der Waals surface area contributed by atoms with E-state index < -0.39 is 5.97 Å². The van der Waals surface area contributed by atoms with Crippen LogP contribution < -0.4 is 5.73 Å². The minimum absolute atomic E-state index is 0.166. The molecule has 0 heterocycles. The number of carbonyl (C=O) groups excluding carboxylic acids is 1. The predicted molar refractivity (Wildman–Crippen MR) is 55.1 cm³/mol. The molecule has 0 atom stereocenters. The third kappa shape index (κ3) is 1.70. The van der Waals surface area contributed by atoms with Crippen LogP contribution in [0.5, 0.6) is 0 Å². The number of methoxy groups -OCH3 is 1. The molecule has 0 radical (unpaired) electrons. The van der Waals surface area contributed by atoms with Crippen molar-refractivity contribution in [3.05, 3.63) is 28.3 Å². The van der Waals surface area contributed by atoms with Gasteiger partial charge in [-0.15, -0.1) is 0 Å². The molecule has 0 spiro atoms. The lowest BCUT2D eigenvalue weighted by atomic mass is 10.1. The molecule has 74 valence electrons. The Morgan fingerprint density at radius 1 is 1.64 bits per heavy atom. The summed E-state index contributed by atoms with van der Waals surface area (Å²) < 4.78 is 4.52. The first kappa shape index (κ1) is 10.5. The van der Waals surface area contributed by atoms with E-state index in [4.69, 9.17) is 22.7 Å². The fraction of sp³-hybridized carbons (Fsp3) is 0.111. The highest BCUT2D eigenvalue weighted by Crippen LogP contribution is 2.24. The lowest BCUT2D eigenvalue weighted by molar-refractivity contribution is 0.0602. The average molecular weight is 213 g/mol. The van der Waals surface area contributed by atoms with Gasteiger partial charge in [-0.05, 0) is 12.1 Å². The maximum atomic E-state index is 11.2. The Hall–Kier alpha value is -1.55. The lowest BCUT2D eigenvalue weighted by Crippen LogP contribution is -2.08. The van der Waals surface area contributed by atoms with E-state index in [0.717, 1.165) is 6.21 Å². The summed E-state index contributed by atoms with van der Waals surface area (Å²) in [7, 11) is 1.26. The monoisotopic (exact) mass is 212 g/mol. The third-order valence-electron chi connectivity index (χ3n) is 1.78. The largest absolute Gasteiger partial charge is 0.465 e. The van der Waals surface area contributed by atoms with Crippen molar-refractivity contribution < 1.29 is 9.53 Å². The van der Waals surface area contributed by atoms with E-state index in [-0.39, 0.29) is 11.3 Å². The van der Waals surface area contributed by atoms with Crippen LogP contribution in [-0.4, -0.2) is 19.3 Å². The maximum Gasteiger partial charge on any atom is 0.339 e. The smallest absolute Gasteiger partial charge is 0.339 e. The number of hydrogen-bond acceptors (Lipinski definition) is 4. The van der Waals surface area contributed by atoms with Gasteiger partial charge >= 0.3 is 5.97 Å². The number of anilines is 1. The number of rotatable bonds is 2. The van der Waals surface area contributed by atoms with Crippen LogP contribution in [0.2, 0.25) is 5.02 Å². The number of nitrogen functional groups attached to an aromatic ring is 1. The van der Waals surface area contributed by atoms with Crippen molar-refractivity contribution >= 4 is 29.5 Å². The molecule has 0 saturated carbocycles. The molecule has 0 saturated heterocycles. The Bertz CT molecular complexity index is 391. The van der Waals surface area contributed by atoms with Crippen molar-refractivity contribution in [2.24, 2.45) is 0 Å². The van der Waals surface area contributed by atoms with E-state index >= 15 is 0 Å². The van der Waals surface area contributed by atoms with E-state index in [1.807, 2.05) is 0 Å². The Kier molecular flexibility index (Phi) is 3.09. The van der Waals surface area contributed by atoms with Crippen molar-refractivity contribution in [1.82, 2.24) is 0 Å². The summed E-state index contributed by atoms with van der Waals surface area (Å²) in [6, 6.07) is 2.97. The van der Waals surface area contributed by atoms with Crippen LogP contribution in [0.15, 0.2) is 12.1 Å². The standard InChI is InChI=1S/C9H9ClN2O2/c1-14-9(13)5-2-3-7(10)6(4-11)8(5)12/h2-4,11H,12H2,1H3. The average Bonchev–Trinajstić information content (AvgIpc) is 2.18. The van der Waals surface area contributed by atoms with Gasteiger partial charge < -0.3 is 15.9 Å². The summed E-state index contributed by atoms with van der Waals surface area (Å²) >= 11 is 5.77. The van der Waals surface area contributed by atoms with E-state index in [0.29, 0.717) is 10.6 Å². The van der Waals surface area contributed by atoms with E-state index in [9.17, 15) is 4.79 Å². The van der Waals surface area contributed by atoms with Crippen LogP contribution in [0.1, 0.15) is 15.9 Å². The maximum absolute atomic E-state index is 11.2. The topological polar surface area (TPSA) is 76.2 Å². The molecule has 0 aliphatic rings. The summed E-state index contributed by atoms with van der Waals surface area (Å²) in [5.74, 6) is -0.540. The second kappa shape index (κ2) is 4.11. The fourth-order valence-corrected chi connectivity index (χ4v) is 1.26. The van der Waals surface area contributed by atoms with E-state index in [2.05, 4.69) is 4.74 Å². The van der Waals surface area contributed by atoms with Gasteiger partial charge in [-0.2, -0.15) is 0 Å². The molecule has 1 aromatic carbocycles. The van der Waals surface area contributed by atoms with Gasteiger partial charge in [-0.3, -0.25) is 0 Å². The Labute approximate surface area is 86.1 Å². The second-order valence-corrected chi connectivity index (χ2v) is 2.97. The predicted octanol–water partition coefficient (Wildman–Crippen LogP) is 1.71. The molecule has 0 fully saturated rings. The van der Waals surface area contributed by atoms with Crippen molar-refractivity contribution in [2.75, 3.05) is 12.8 Å². The molecule has 0 amide bonds. The zero-order chi connectivity index (χ0) is 10.7. The minimum atomic E-state index is -0.540. The first-order valence-corrected chi connectivity index (χ1v) is 4.16. The van der Waals surface area contributed by atoms with Gasteiger partial charge in [-0.1, -0.05) is 11.6 Å². The Balaban J connectivity index is 3.35. The SMILES string of the molecule is COC(=O)c1ccc(Cl)c(C=N)c1N.